The molecule has 2 N–H and O–H groups in total. The van der Waals surface area contributed by atoms with E-state index in [4.69, 9.17) is 14.1 Å². The Balaban J connectivity index is 1.82. The zero-order valence-corrected chi connectivity index (χ0v) is 17.3. The topological polar surface area (TPSA) is 172 Å². The normalized spacial score (nSPS) is 10.3. The number of carbonyl (C=O) groups is 2. The molecular formula is C19H18BN4O9. The molecule has 1 amide bonds. The minimum Gasteiger partial charge on any atom is -0.483 e. The summed E-state index contributed by atoms with van der Waals surface area (Å²) in [5.41, 5.74) is -0.0304. The van der Waals surface area contributed by atoms with Gasteiger partial charge in [-0.2, -0.15) is 0 Å². The van der Waals surface area contributed by atoms with E-state index in [0.29, 0.717) is 11.4 Å². The average molecular weight is 457 g/mol. The minimum absolute atomic E-state index is 0.213. The molecule has 2 rings (SSSR count). The summed E-state index contributed by atoms with van der Waals surface area (Å²) in [5, 5.41) is 27.2. The predicted octanol–water partition coefficient (Wildman–Crippen LogP) is 2.21. The van der Waals surface area contributed by atoms with Crippen LogP contribution < -0.4 is 15.3 Å². The van der Waals surface area contributed by atoms with Gasteiger partial charge in [0, 0.05) is 31.0 Å². The van der Waals surface area contributed by atoms with Gasteiger partial charge in [0.1, 0.15) is 13.2 Å². The lowest BCUT2D eigenvalue weighted by molar-refractivity contribution is -0.394. The molecule has 0 bridgehead atoms. The lowest BCUT2D eigenvalue weighted by atomic mass is 10.2. The average Bonchev–Trinajstić information content (AvgIpc) is 2.79. The van der Waals surface area contributed by atoms with Crippen molar-refractivity contribution in [3.05, 3.63) is 74.8 Å². The second-order valence-electron chi connectivity index (χ2n) is 6.05. The van der Waals surface area contributed by atoms with Gasteiger partial charge in [-0.25, -0.2) is 4.79 Å². The third-order valence-electron chi connectivity index (χ3n) is 3.82. The number of hydrogen-bond acceptors (Lipinski definition) is 10. The fourth-order valence-corrected chi connectivity index (χ4v) is 2.38. The van der Waals surface area contributed by atoms with Gasteiger partial charge in [0.15, 0.2) is 5.75 Å². The molecule has 13 nitrogen and oxygen atoms in total. The van der Waals surface area contributed by atoms with Crippen LogP contribution in [-0.2, 0) is 19.0 Å². The number of carbonyl (C=O) groups excluding carboxylic acids is 2. The number of non-ortho nitro benzene ring substituents is 1. The smallest absolute Gasteiger partial charge is 0.436 e. The molecule has 1 radical (unpaired) electrons. The molecule has 0 saturated heterocycles. The van der Waals surface area contributed by atoms with Gasteiger partial charge < -0.3 is 24.7 Å². The molecule has 0 fully saturated rings. The first-order chi connectivity index (χ1) is 15.8. The van der Waals surface area contributed by atoms with Crippen LogP contribution >= 0.6 is 0 Å². The molecule has 171 valence electrons. The van der Waals surface area contributed by atoms with Crippen molar-refractivity contribution in [2.24, 2.45) is 0 Å². The summed E-state index contributed by atoms with van der Waals surface area (Å²) in [6.07, 6.45) is 1.88. The van der Waals surface area contributed by atoms with Crippen LogP contribution in [0.1, 0.15) is 0 Å². The van der Waals surface area contributed by atoms with Crippen molar-refractivity contribution < 1.29 is 33.6 Å². The lowest BCUT2D eigenvalue weighted by Crippen LogP contribution is -2.14. The molecule has 0 spiro atoms. The highest BCUT2D eigenvalue weighted by molar-refractivity contribution is 6.33. The lowest BCUT2D eigenvalue weighted by Gasteiger charge is -2.10. The predicted molar refractivity (Wildman–Crippen MR) is 117 cm³/mol. The number of benzene rings is 2. The van der Waals surface area contributed by atoms with E-state index in [-0.39, 0.29) is 19.0 Å². The van der Waals surface area contributed by atoms with Crippen molar-refractivity contribution in [3.63, 3.8) is 0 Å². The van der Waals surface area contributed by atoms with Crippen LogP contribution in [0.25, 0.3) is 0 Å². The van der Waals surface area contributed by atoms with Crippen molar-refractivity contribution >= 4 is 42.2 Å². The summed E-state index contributed by atoms with van der Waals surface area (Å²) in [7, 11) is 2.78. The Kier molecular flexibility index (Phi) is 9.33. The molecule has 0 atom stereocenters. The highest BCUT2D eigenvalue weighted by Gasteiger charge is 2.20. The molecule has 0 aromatic heterocycles. The van der Waals surface area contributed by atoms with Crippen LogP contribution in [0.5, 0.6) is 5.75 Å². The van der Waals surface area contributed by atoms with Crippen molar-refractivity contribution in [2.45, 2.75) is 0 Å². The van der Waals surface area contributed by atoms with Crippen LogP contribution in [0, 0.1) is 20.2 Å². The van der Waals surface area contributed by atoms with Crippen molar-refractivity contribution in [1.29, 1.82) is 0 Å². The number of amides is 1. The first-order valence-corrected chi connectivity index (χ1v) is 9.23. The quantitative estimate of drug-likeness (QED) is 0.120. The van der Waals surface area contributed by atoms with Crippen molar-refractivity contribution in [2.75, 3.05) is 30.9 Å². The fraction of sp³-hybridized carbons (Fsp3) is 0.158. The number of nitrogens with one attached hydrogen (secondary N) is 2. The van der Waals surface area contributed by atoms with Crippen LogP contribution in [0.2, 0.25) is 0 Å². The molecule has 0 aliphatic rings. The maximum atomic E-state index is 12.0. The molecule has 0 heterocycles. The Morgan fingerprint density at radius 1 is 1.03 bits per heavy atom. The highest BCUT2D eigenvalue weighted by atomic mass is 16.6. The van der Waals surface area contributed by atoms with E-state index < -0.39 is 33.1 Å². The molecule has 2 aromatic carbocycles. The summed E-state index contributed by atoms with van der Waals surface area (Å²) in [6, 6.07) is 9.71. The van der Waals surface area contributed by atoms with Crippen LogP contribution in [0.4, 0.5) is 22.7 Å². The summed E-state index contributed by atoms with van der Waals surface area (Å²) in [4.78, 5) is 44.0. The summed E-state index contributed by atoms with van der Waals surface area (Å²) >= 11 is 0. The van der Waals surface area contributed by atoms with Gasteiger partial charge in [0.05, 0.1) is 21.6 Å². The Bertz CT molecular complexity index is 1060. The second-order valence-corrected chi connectivity index (χ2v) is 6.05. The minimum atomic E-state index is -0.842. The number of nitrogens with zero attached hydrogens (tertiary/aromatic N) is 2. The summed E-state index contributed by atoms with van der Waals surface area (Å²) < 4.78 is 14.8. The van der Waals surface area contributed by atoms with Gasteiger partial charge in [-0.15, -0.1) is 0 Å². The number of anilines is 2. The van der Waals surface area contributed by atoms with E-state index in [2.05, 4.69) is 10.5 Å². The third-order valence-corrected chi connectivity index (χ3v) is 3.82. The molecule has 0 aliphatic heterocycles. The van der Waals surface area contributed by atoms with E-state index in [1.165, 1.54) is 14.7 Å². The number of para-hydroxylation sites is 2. The van der Waals surface area contributed by atoms with Crippen LogP contribution in [0.3, 0.4) is 0 Å². The first kappa shape index (κ1) is 24.8. The maximum Gasteiger partial charge on any atom is 0.436 e. The van der Waals surface area contributed by atoms with Gasteiger partial charge in [-0.1, -0.05) is 12.1 Å². The number of esters is 1. The van der Waals surface area contributed by atoms with E-state index >= 15 is 0 Å². The zero-order chi connectivity index (χ0) is 24.2. The molecule has 0 saturated carbocycles. The number of hydrogen-bond donors (Lipinski definition) is 2. The van der Waals surface area contributed by atoms with Gasteiger partial charge >= 0.3 is 19.3 Å². The largest absolute Gasteiger partial charge is 0.483 e. The molecule has 14 heteroatoms. The molecule has 0 unspecified atom stereocenters. The number of ether oxygens (including phenoxy) is 2. The number of nitro groups is 2. The Hall–Kier alpha value is -4.46. The molecular weight excluding hydrogens is 439 g/mol. The molecule has 0 aliphatic carbocycles. The Morgan fingerprint density at radius 2 is 1.76 bits per heavy atom. The Morgan fingerprint density at radius 3 is 2.42 bits per heavy atom. The van der Waals surface area contributed by atoms with E-state index in [1.54, 1.807) is 24.3 Å². The summed E-state index contributed by atoms with van der Waals surface area (Å²) in [6.45, 7) is -0.530. The van der Waals surface area contributed by atoms with Crippen LogP contribution in [0.15, 0.2) is 54.6 Å². The van der Waals surface area contributed by atoms with E-state index in [0.717, 1.165) is 30.4 Å². The zero-order valence-electron chi connectivity index (χ0n) is 17.3. The standard InChI is InChI=1S/C19H18BN4O9/c1-31-20-22-15-5-3-2-4-14(15)21-18(25)8-9-19(26)33-11-10-32-17-7-6-13(23(27)28)12-16(17)24(29)30/h2-9,12,22H,10-11H2,1H3,(H,21,25)/b9-8+. The second kappa shape index (κ2) is 12.4. The third kappa shape index (κ3) is 7.95. The monoisotopic (exact) mass is 457 g/mol. The van der Waals surface area contributed by atoms with E-state index in [1.807, 2.05) is 0 Å². The van der Waals surface area contributed by atoms with Crippen molar-refractivity contribution in [1.82, 2.24) is 0 Å². The number of rotatable bonds is 12. The van der Waals surface area contributed by atoms with Crippen LogP contribution in [-0.4, -0.2) is 49.7 Å². The maximum absolute atomic E-state index is 12.0. The van der Waals surface area contributed by atoms with Gasteiger partial charge in [0.25, 0.3) is 5.69 Å². The molecule has 2 aromatic rings. The van der Waals surface area contributed by atoms with Gasteiger partial charge in [-0.3, -0.25) is 25.0 Å². The van der Waals surface area contributed by atoms with E-state index in [9.17, 15) is 29.8 Å². The Labute approximate surface area is 187 Å². The van der Waals surface area contributed by atoms with Crippen molar-refractivity contribution in [3.8, 4) is 5.75 Å². The highest BCUT2D eigenvalue weighted by Crippen LogP contribution is 2.30. The van der Waals surface area contributed by atoms with Gasteiger partial charge in [0.2, 0.25) is 5.91 Å². The first-order valence-electron chi connectivity index (χ1n) is 9.23. The number of nitro benzene ring substituents is 2. The molecule has 33 heavy (non-hydrogen) atoms. The fourth-order valence-electron chi connectivity index (χ4n) is 2.38. The summed E-state index contributed by atoms with van der Waals surface area (Å²) in [5.74, 6) is -1.64. The van der Waals surface area contributed by atoms with Gasteiger partial charge in [-0.05, 0) is 18.2 Å². The SMILES string of the molecule is CO[B]Nc1ccccc1NC(=O)/C=C/C(=O)OCCOc1ccc([N+](=O)[O-])cc1[N+](=O)[O-].